The van der Waals surface area contributed by atoms with Crippen molar-refractivity contribution < 1.29 is 28.0 Å². The zero-order chi connectivity index (χ0) is 17.9. The molecule has 0 N–H and O–H groups in total. The summed E-state index contributed by atoms with van der Waals surface area (Å²) >= 11 is 0. The predicted octanol–water partition coefficient (Wildman–Crippen LogP) is 3.22. The maximum atomic E-state index is 13.5. The van der Waals surface area contributed by atoms with Gasteiger partial charge in [-0.15, -0.1) is 0 Å². The molecule has 0 radical (unpaired) electrons. The van der Waals surface area contributed by atoms with Crippen LogP contribution in [0.4, 0.5) is 14.5 Å². The number of hydrogen-bond acceptors (Lipinski definition) is 5. The molecule has 0 saturated carbocycles. The number of aryl methyl sites for hydroxylation is 1. The number of nitro groups is 1. The van der Waals surface area contributed by atoms with Crippen LogP contribution in [0.1, 0.15) is 26.3 Å². The van der Waals surface area contributed by atoms with E-state index in [1.165, 1.54) is 19.1 Å². The number of rotatable bonds is 5. The van der Waals surface area contributed by atoms with E-state index in [1.807, 2.05) is 0 Å². The summed E-state index contributed by atoms with van der Waals surface area (Å²) in [6.45, 7) is 0.651. The number of ketones is 1. The molecule has 0 aliphatic carbocycles. The molecule has 0 fully saturated rings. The summed E-state index contributed by atoms with van der Waals surface area (Å²) in [5.41, 5.74) is -0.881. The number of Topliss-reactive ketones (excluding diaryl/α,β-unsaturated/α-hetero) is 1. The number of benzene rings is 2. The van der Waals surface area contributed by atoms with Crippen molar-refractivity contribution in [2.45, 2.75) is 6.92 Å². The lowest BCUT2D eigenvalue weighted by atomic mass is 10.1. The summed E-state index contributed by atoms with van der Waals surface area (Å²) in [5, 5.41) is 11.0. The Morgan fingerprint density at radius 3 is 2.54 bits per heavy atom. The zero-order valence-corrected chi connectivity index (χ0v) is 12.4. The Morgan fingerprint density at radius 1 is 1.21 bits per heavy atom. The zero-order valence-electron chi connectivity index (χ0n) is 12.4. The fourth-order valence-electron chi connectivity index (χ4n) is 2.07. The molecular formula is C16H11F2NO5. The summed E-state index contributed by atoms with van der Waals surface area (Å²) in [4.78, 5) is 34.1. The van der Waals surface area contributed by atoms with Crippen LogP contribution in [0.5, 0.6) is 0 Å². The number of ether oxygens (including phenoxy) is 1. The molecule has 0 heterocycles. The molecule has 6 nitrogen and oxygen atoms in total. The Bertz CT molecular complexity index is 835. The second kappa shape index (κ2) is 6.95. The topological polar surface area (TPSA) is 86.5 Å². The summed E-state index contributed by atoms with van der Waals surface area (Å²) in [5.74, 6) is -3.90. The van der Waals surface area contributed by atoms with Crippen molar-refractivity contribution in [1.82, 2.24) is 0 Å². The molecule has 0 aromatic heterocycles. The molecule has 0 unspecified atom stereocenters. The van der Waals surface area contributed by atoms with Crippen molar-refractivity contribution in [1.29, 1.82) is 0 Å². The third kappa shape index (κ3) is 3.60. The highest BCUT2D eigenvalue weighted by molar-refractivity contribution is 6.01. The van der Waals surface area contributed by atoms with Crippen LogP contribution in [-0.4, -0.2) is 23.3 Å². The number of hydrogen-bond donors (Lipinski definition) is 0. The van der Waals surface area contributed by atoms with Gasteiger partial charge in [0.15, 0.2) is 6.61 Å². The van der Waals surface area contributed by atoms with Gasteiger partial charge in [0.2, 0.25) is 5.78 Å². The Kier molecular flexibility index (Phi) is 4.98. The molecular weight excluding hydrogens is 324 g/mol. The van der Waals surface area contributed by atoms with Gasteiger partial charge in [0, 0.05) is 12.1 Å². The lowest BCUT2D eigenvalue weighted by Crippen LogP contribution is -2.17. The van der Waals surface area contributed by atoms with Gasteiger partial charge in [0.05, 0.1) is 10.5 Å². The van der Waals surface area contributed by atoms with Gasteiger partial charge in [0.1, 0.15) is 17.2 Å². The van der Waals surface area contributed by atoms with E-state index in [9.17, 15) is 28.5 Å². The van der Waals surface area contributed by atoms with E-state index < -0.39 is 46.2 Å². The minimum absolute atomic E-state index is 0.283. The molecule has 2 aromatic rings. The van der Waals surface area contributed by atoms with Crippen LogP contribution in [0.3, 0.4) is 0 Å². The smallest absolute Gasteiger partial charge is 0.345 e. The number of nitro benzene ring substituents is 1. The minimum Gasteiger partial charge on any atom is -0.453 e. The highest BCUT2D eigenvalue weighted by atomic mass is 19.1. The molecule has 0 aliphatic heterocycles. The van der Waals surface area contributed by atoms with Crippen molar-refractivity contribution in [2.75, 3.05) is 6.61 Å². The molecule has 0 spiro atoms. The SMILES string of the molecule is Cc1cccc([N+](=O)[O-])c1C(=O)OCC(=O)c1ccc(F)cc1F. The van der Waals surface area contributed by atoms with Crippen molar-refractivity contribution >= 4 is 17.4 Å². The van der Waals surface area contributed by atoms with Crippen LogP contribution in [0.15, 0.2) is 36.4 Å². The first-order valence-corrected chi connectivity index (χ1v) is 6.70. The van der Waals surface area contributed by atoms with Crippen LogP contribution in [0.2, 0.25) is 0 Å². The molecule has 8 heteroatoms. The molecule has 2 rings (SSSR count). The van der Waals surface area contributed by atoms with Crippen molar-refractivity contribution in [3.63, 3.8) is 0 Å². The minimum atomic E-state index is -1.09. The molecule has 2 aromatic carbocycles. The lowest BCUT2D eigenvalue weighted by molar-refractivity contribution is -0.385. The van der Waals surface area contributed by atoms with Crippen LogP contribution >= 0.6 is 0 Å². The van der Waals surface area contributed by atoms with E-state index in [0.717, 1.165) is 18.2 Å². The average molecular weight is 335 g/mol. The van der Waals surface area contributed by atoms with E-state index in [-0.39, 0.29) is 5.56 Å². The van der Waals surface area contributed by atoms with E-state index >= 15 is 0 Å². The molecule has 0 saturated heterocycles. The molecule has 0 atom stereocenters. The van der Waals surface area contributed by atoms with E-state index in [2.05, 4.69) is 0 Å². The normalized spacial score (nSPS) is 10.3. The van der Waals surface area contributed by atoms with Gasteiger partial charge < -0.3 is 4.74 Å². The number of esters is 1. The third-order valence-electron chi connectivity index (χ3n) is 3.22. The largest absolute Gasteiger partial charge is 0.453 e. The van der Waals surface area contributed by atoms with Gasteiger partial charge in [-0.05, 0) is 24.6 Å². The van der Waals surface area contributed by atoms with Gasteiger partial charge in [-0.3, -0.25) is 14.9 Å². The van der Waals surface area contributed by atoms with Crippen molar-refractivity contribution in [3.05, 3.63) is 74.8 Å². The quantitative estimate of drug-likeness (QED) is 0.362. The molecule has 0 amide bonds. The maximum absolute atomic E-state index is 13.5. The first kappa shape index (κ1) is 17.2. The fourth-order valence-corrected chi connectivity index (χ4v) is 2.07. The Hall–Kier alpha value is -3.16. The maximum Gasteiger partial charge on any atom is 0.345 e. The fraction of sp³-hybridized carbons (Fsp3) is 0.125. The third-order valence-corrected chi connectivity index (χ3v) is 3.22. The van der Waals surface area contributed by atoms with Gasteiger partial charge in [-0.25, -0.2) is 13.6 Å². The highest BCUT2D eigenvalue weighted by Crippen LogP contribution is 2.23. The number of nitrogens with zero attached hydrogens (tertiary/aromatic N) is 1. The van der Waals surface area contributed by atoms with E-state index in [4.69, 9.17) is 4.74 Å². The Labute approximate surface area is 134 Å². The van der Waals surface area contributed by atoms with Gasteiger partial charge in [0.25, 0.3) is 5.69 Å². The summed E-state index contributed by atoms with van der Waals surface area (Å²) < 4.78 is 31.0. The number of carbonyl (C=O) groups excluding carboxylic acids is 2. The van der Waals surface area contributed by atoms with Crippen LogP contribution in [0, 0.1) is 28.7 Å². The van der Waals surface area contributed by atoms with E-state index in [0.29, 0.717) is 11.6 Å². The number of carbonyl (C=O) groups is 2. The van der Waals surface area contributed by atoms with E-state index in [1.54, 1.807) is 0 Å². The molecule has 24 heavy (non-hydrogen) atoms. The lowest BCUT2D eigenvalue weighted by Gasteiger charge is -2.08. The van der Waals surface area contributed by atoms with Gasteiger partial charge in [-0.1, -0.05) is 12.1 Å². The van der Waals surface area contributed by atoms with Crippen molar-refractivity contribution in [2.24, 2.45) is 0 Å². The second-order valence-corrected chi connectivity index (χ2v) is 4.85. The van der Waals surface area contributed by atoms with Crippen LogP contribution in [-0.2, 0) is 4.74 Å². The second-order valence-electron chi connectivity index (χ2n) is 4.85. The predicted molar refractivity (Wildman–Crippen MR) is 78.8 cm³/mol. The summed E-state index contributed by atoms with van der Waals surface area (Å²) in [6, 6.07) is 6.36. The van der Waals surface area contributed by atoms with Crippen LogP contribution in [0.25, 0.3) is 0 Å². The van der Waals surface area contributed by atoms with Gasteiger partial charge in [-0.2, -0.15) is 0 Å². The monoisotopic (exact) mass is 335 g/mol. The van der Waals surface area contributed by atoms with Crippen molar-refractivity contribution in [3.8, 4) is 0 Å². The number of halogens is 2. The molecule has 124 valence electrons. The summed E-state index contributed by atoms with van der Waals surface area (Å²) in [7, 11) is 0. The average Bonchev–Trinajstić information content (AvgIpc) is 2.51. The standard InChI is InChI=1S/C16H11F2NO5/c1-9-3-2-4-13(19(22)23)15(9)16(21)24-8-14(20)11-6-5-10(17)7-12(11)18/h2-7H,8H2,1H3. The summed E-state index contributed by atoms with van der Waals surface area (Å²) in [6.07, 6.45) is 0. The van der Waals surface area contributed by atoms with Crippen LogP contribution < -0.4 is 0 Å². The first-order valence-electron chi connectivity index (χ1n) is 6.70. The molecule has 0 aliphatic rings. The first-order chi connectivity index (χ1) is 11.3. The Morgan fingerprint density at radius 2 is 1.92 bits per heavy atom. The molecule has 0 bridgehead atoms. The highest BCUT2D eigenvalue weighted by Gasteiger charge is 2.24. The Balaban J connectivity index is 2.17. The van der Waals surface area contributed by atoms with Gasteiger partial charge >= 0.3 is 5.97 Å².